The van der Waals surface area contributed by atoms with E-state index in [-0.39, 0.29) is 5.63 Å². The van der Waals surface area contributed by atoms with Gasteiger partial charge in [-0.3, -0.25) is 0 Å². The first-order valence-corrected chi connectivity index (χ1v) is 7.31. The zero-order valence-corrected chi connectivity index (χ0v) is 13.1. The van der Waals surface area contributed by atoms with Crippen molar-refractivity contribution < 1.29 is 9.15 Å². The number of fused-ring (bicyclic) bond motifs is 1. The number of hydrogen-bond donors (Lipinski definition) is 2. The van der Waals surface area contributed by atoms with Gasteiger partial charge in [-0.1, -0.05) is 0 Å². The number of benzene rings is 2. The average molecular weight is 326 g/mol. The van der Waals surface area contributed by atoms with E-state index in [0.29, 0.717) is 10.7 Å². The summed E-state index contributed by atoms with van der Waals surface area (Å²) in [5.41, 5.74) is 1.83. The third-order valence-electron chi connectivity index (χ3n) is 3.23. The third-order valence-corrected chi connectivity index (χ3v) is 3.43. The molecule has 1 heterocycles. The van der Waals surface area contributed by atoms with Gasteiger partial charge in [-0.25, -0.2) is 4.79 Å². The van der Waals surface area contributed by atoms with Crippen LogP contribution in [0.5, 0.6) is 5.75 Å². The van der Waals surface area contributed by atoms with E-state index in [2.05, 4.69) is 10.6 Å². The molecule has 0 aliphatic heterocycles. The van der Waals surface area contributed by atoms with Gasteiger partial charge in [-0.15, -0.1) is 0 Å². The first kappa shape index (κ1) is 15.1. The van der Waals surface area contributed by atoms with E-state index in [1.54, 1.807) is 25.3 Å². The summed E-state index contributed by atoms with van der Waals surface area (Å²) in [6.07, 6.45) is 0. The van der Waals surface area contributed by atoms with Crippen molar-refractivity contribution >= 4 is 39.7 Å². The minimum absolute atomic E-state index is 0.366. The topological polar surface area (TPSA) is 63.5 Å². The number of hydrogen-bond acceptors (Lipinski definition) is 4. The van der Waals surface area contributed by atoms with Gasteiger partial charge in [0.05, 0.1) is 7.11 Å². The van der Waals surface area contributed by atoms with Crippen LogP contribution >= 0.6 is 12.2 Å². The molecule has 0 amide bonds. The van der Waals surface area contributed by atoms with E-state index in [9.17, 15) is 4.79 Å². The van der Waals surface area contributed by atoms with Crippen molar-refractivity contribution in [2.45, 2.75) is 0 Å². The fourth-order valence-electron chi connectivity index (χ4n) is 2.12. The smallest absolute Gasteiger partial charge is 0.336 e. The Morgan fingerprint density at radius 3 is 2.43 bits per heavy atom. The molecule has 2 aromatic carbocycles. The molecule has 0 saturated carbocycles. The van der Waals surface area contributed by atoms with Crippen LogP contribution in [-0.2, 0) is 0 Å². The van der Waals surface area contributed by atoms with Gasteiger partial charge >= 0.3 is 5.63 Å². The highest BCUT2D eigenvalue weighted by Gasteiger charge is 2.02. The summed E-state index contributed by atoms with van der Waals surface area (Å²) in [6.45, 7) is 0. The van der Waals surface area contributed by atoms with E-state index in [1.165, 1.54) is 6.07 Å². The van der Waals surface area contributed by atoms with Gasteiger partial charge in [-0.05, 0) is 60.7 Å². The zero-order chi connectivity index (χ0) is 16.2. The highest BCUT2D eigenvalue weighted by Crippen LogP contribution is 2.19. The van der Waals surface area contributed by atoms with Gasteiger partial charge in [0.25, 0.3) is 0 Å². The predicted octanol–water partition coefficient (Wildman–Crippen LogP) is 3.61. The van der Waals surface area contributed by atoms with E-state index in [4.69, 9.17) is 21.4 Å². The first-order valence-electron chi connectivity index (χ1n) is 6.90. The Hall–Kier alpha value is -2.86. The molecule has 3 rings (SSSR count). The number of thiocarbonyl (C=S) groups is 1. The van der Waals surface area contributed by atoms with Crippen LogP contribution in [0, 0.1) is 0 Å². The van der Waals surface area contributed by atoms with Crippen LogP contribution in [0.15, 0.2) is 63.8 Å². The van der Waals surface area contributed by atoms with Gasteiger partial charge in [-0.2, -0.15) is 0 Å². The first-order chi connectivity index (χ1) is 11.1. The Balaban J connectivity index is 1.71. The lowest BCUT2D eigenvalue weighted by molar-refractivity contribution is 0.415. The summed E-state index contributed by atoms with van der Waals surface area (Å²) >= 11 is 5.30. The summed E-state index contributed by atoms with van der Waals surface area (Å²) in [7, 11) is 1.62. The van der Waals surface area contributed by atoms with Crippen LogP contribution in [0.4, 0.5) is 11.4 Å². The van der Waals surface area contributed by atoms with E-state index in [0.717, 1.165) is 22.5 Å². The van der Waals surface area contributed by atoms with Gasteiger partial charge in [0.1, 0.15) is 11.3 Å². The minimum Gasteiger partial charge on any atom is -0.497 e. The molecule has 3 aromatic rings. The van der Waals surface area contributed by atoms with E-state index >= 15 is 0 Å². The number of nitrogens with one attached hydrogen (secondary N) is 2. The van der Waals surface area contributed by atoms with Crippen LogP contribution in [0.25, 0.3) is 11.0 Å². The van der Waals surface area contributed by atoms with Gasteiger partial charge in [0.15, 0.2) is 5.11 Å². The molecule has 0 unspecified atom stereocenters. The molecule has 0 atom stereocenters. The summed E-state index contributed by atoms with van der Waals surface area (Å²) in [6, 6.07) is 15.9. The molecule has 5 nitrogen and oxygen atoms in total. The maximum Gasteiger partial charge on any atom is 0.336 e. The van der Waals surface area contributed by atoms with Crippen molar-refractivity contribution in [2.24, 2.45) is 0 Å². The van der Waals surface area contributed by atoms with Crippen LogP contribution in [-0.4, -0.2) is 12.2 Å². The molecule has 23 heavy (non-hydrogen) atoms. The van der Waals surface area contributed by atoms with Crippen LogP contribution < -0.4 is 21.0 Å². The molecule has 1 aromatic heterocycles. The number of ether oxygens (including phenoxy) is 1. The monoisotopic (exact) mass is 326 g/mol. The molecule has 0 saturated heterocycles. The summed E-state index contributed by atoms with van der Waals surface area (Å²) in [4.78, 5) is 11.2. The summed E-state index contributed by atoms with van der Waals surface area (Å²) in [5, 5.41) is 7.47. The van der Waals surface area contributed by atoms with Crippen LogP contribution in [0.3, 0.4) is 0 Å². The molecular formula is C17H14N2O3S. The quantitative estimate of drug-likeness (QED) is 0.566. The van der Waals surface area contributed by atoms with Gasteiger partial charge in [0, 0.05) is 22.8 Å². The lowest BCUT2D eigenvalue weighted by Gasteiger charge is -2.11. The number of anilines is 2. The van der Waals surface area contributed by atoms with Crippen LogP contribution in [0.1, 0.15) is 0 Å². The van der Waals surface area contributed by atoms with E-state index < -0.39 is 0 Å². The van der Waals surface area contributed by atoms with Crippen molar-refractivity contribution in [1.29, 1.82) is 0 Å². The number of methoxy groups -OCH3 is 1. The second kappa shape index (κ2) is 6.50. The van der Waals surface area contributed by atoms with Crippen molar-refractivity contribution in [1.82, 2.24) is 0 Å². The lowest BCUT2D eigenvalue weighted by Crippen LogP contribution is -2.18. The third kappa shape index (κ3) is 3.67. The lowest BCUT2D eigenvalue weighted by atomic mass is 10.2. The summed E-state index contributed by atoms with van der Waals surface area (Å²) < 4.78 is 10.2. The van der Waals surface area contributed by atoms with Crippen LogP contribution in [0.2, 0.25) is 0 Å². The van der Waals surface area contributed by atoms with Crippen molar-refractivity contribution in [2.75, 3.05) is 17.7 Å². The highest BCUT2D eigenvalue weighted by atomic mass is 32.1. The molecule has 0 aliphatic carbocycles. The molecule has 0 bridgehead atoms. The molecule has 2 N–H and O–H groups in total. The van der Waals surface area contributed by atoms with Gasteiger partial charge < -0.3 is 19.8 Å². The Kier molecular flexibility index (Phi) is 4.25. The minimum atomic E-state index is -0.366. The van der Waals surface area contributed by atoms with E-state index in [1.807, 2.05) is 30.3 Å². The normalized spacial score (nSPS) is 10.3. The molecule has 116 valence electrons. The molecule has 0 radical (unpaired) electrons. The maximum atomic E-state index is 11.2. The Morgan fingerprint density at radius 2 is 1.70 bits per heavy atom. The number of rotatable bonds is 3. The highest BCUT2D eigenvalue weighted by molar-refractivity contribution is 7.80. The largest absolute Gasteiger partial charge is 0.497 e. The van der Waals surface area contributed by atoms with Crippen molar-refractivity contribution in [3.8, 4) is 5.75 Å². The second-order valence-electron chi connectivity index (χ2n) is 4.81. The van der Waals surface area contributed by atoms with Crippen molar-refractivity contribution in [3.05, 3.63) is 65.0 Å². The SMILES string of the molecule is COc1ccc(NC(=S)Nc2ccc3oc(=O)ccc3c2)cc1. The fraction of sp³-hybridized carbons (Fsp3) is 0.0588. The standard InChI is InChI=1S/C17H14N2O3S/c1-21-14-6-3-12(4-7-14)18-17(23)19-13-5-8-15-11(10-13)2-9-16(20)22-15/h2-10H,1H3,(H2,18,19,23). The van der Waals surface area contributed by atoms with Gasteiger partial charge in [0.2, 0.25) is 0 Å². The second-order valence-corrected chi connectivity index (χ2v) is 5.22. The molecule has 6 heteroatoms. The molecule has 0 fully saturated rings. The Labute approximate surface area is 137 Å². The fourth-order valence-corrected chi connectivity index (χ4v) is 2.35. The van der Waals surface area contributed by atoms with Crippen molar-refractivity contribution in [3.63, 3.8) is 0 Å². The predicted molar refractivity (Wildman–Crippen MR) is 95.3 cm³/mol. The Bertz CT molecular complexity index is 904. The Morgan fingerprint density at radius 1 is 1.00 bits per heavy atom. The average Bonchev–Trinajstić information content (AvgIpc) is 2.55. The molecule has 0 aliphatic rings. The zero-order valence-electron chi connectivity index (χ0n) is 12.3. The molecular weight excluding hydrogens is 312 g/mol. The summed E-state index contributed by atoms with van der Waals surface area (Å²) in [5.74, 6) is 0.783. The maximum absolute atomic E-state index is 11.2. The molecule has 0 spiro atoms.